The zero-order valence-corrected chi connectivity index (χ0v) is 13.4. The van der Waals surface area contributed by atoms with Gasteiger partial charge in [0.15, 0.2) is 0 Å². The molecule has 0 unspecified atom stereocenters. The lowest BCUT2D eigenvalue weighted by Crippen LogP contribution is -2.55. The van der Waals surface area contributed by atoms with Crippen molar-refractivity contribution in [2.75, 3.05) is 13.7 Å². The smallest absolute Gasteiger partial charge is 0.219 e. The molecule has 3 atom stereocenters. The van der Waals surface area contributed by atoms with Crippen LogP contribution >= 0.6 is 0 Å². The van der Waals surface area contributed by atoms with Crippen molar-refractivity contribution in [1.82, 2.24) is 4.90 Å². The summed E-state index contributed by atoms with van der Waals surface area (Å²) < 4.78 is 5.52. The van der Waals surface area contributed by atoms with Gasteiger partial charge >= 0.3 is 0 Å². The summed E-state index contributed by atoms with van der Waals surface area (Å²) in [7, 11) is 1.66. The first kappa shape index (κ1) is 15.3. The predicted octanol–water partition coefficient (Wildman–Crippen LogP) is 2.91. The maximum Gasteiger partial charge on any atom is 0.219 e. The number of aliphatic hydroxyl groups is 1. The van der Waals surface area contributed by atoms with E-state index in [2.05, 4.69) is 0 Å². The third-order valence-electron chi connectivity index (χ3n) is 5.43. The van der Waals surface area contributed by atoms with Crippen molar-refractivity contribution in [3.05, 3.63) is 29.8 Å². The van der Waals surface area contributed by atoms with Gasteiger partial charge in [0.25, 0.3) is 0 Å². The number of para-hydroxylation sites is 1. The molecule has 4 nitrogen and oxygen atoms in total. The average Bonchev–Trinajstić information content (AvgIpc) is 2.53. The van der Waals surface area contributed by atoms with Crippen LogP contribution in [0.15, 0.2) is 24.3 Å². The molecule has 0 spiro atoms. The first-order chi connectivity index (χ1) is 10.6. The molecule has 120 valence electrons. The number of nitrogens with zero attached hydrogens (tertiary/aromatic N) is 1. The molecule has 1 aliphatic heterocycles. The number of carbonyl (C=O) groups is 1. The number of hydrogen-bond acceptors (Lipinski definition) is 3. The molecule has 1 aromatic carbocycles. The van der Waals surface area contributed by atoms with E-state index in [9.17, 15) is 9.90 Å². The van der Waals surface area contributed by atoms with E-state index in [-0.39, 0.29) is 17.9 Å². The van der Waals surface area contributed by atoms with E-state index in [4.69, 9.17) is 4.74 Å². The molecule has 1 heterocycles. The fourth-order valence-corrected chi connectivity index (χ4v) is 4.33. The lowest BCUT2D eigenvalue weighted by atomic mass is 9.66. The molecule has 1 N–H and O–H groups in total. The van der Waals surface area contributed by atoms with Gasteiger partial charge in [-0.1, -0.05) is 31.0 Å². The Hall–Kier alpha value is -1.55. The summed E-state index contributed by atoms with van der Waals surface area (Å²) >= 11 is 0. The van der Waals surface area contributed by atoms with Crippen LogP contribution in [0, 0.1) is 5.92 Å². The van der Waals surface area contributed by atoms with Crippen molar-refractivity contribution in [2.45, 2.75) is 50.7 Å². The summed E-state index contributed by atoms with van der Waals surface area (Å²) in [6.07, 6.45) is 4.68. The van der Waals surface area contributed by atoms with Gasteiger partial charge in [-0.05, 0) is 25.3 Å². The molecule has 2 aliphatic rings. The Balaban J connectivity index is 2.06. The van der Waals surface area contributed by atoms with E-state index in [1.165, 1.54) is 0 Å². The summed E-state index contributed by atoms with van der Waals surface area (Å²) in [5.74, 6) is 0.965. The lowest BCUT2D eigenvalue weighted by Gasteiger charge is -2.52. The number of methoxy groups -OCH3 is 1. The Morgan fingerprint density at radius 1 is 1.32 bits per heavy atom. The van der Waals surface area contributed by atoms with Gasteiger partial charge in [-0.3, -0.25) is 4.79 Å². The number of amides is 1. The van der Waals surface area contributed by atoms with Crippen LogP contribution in [0.3, 0.4) is 0 Å². The highest BCUT2D eigenvalue weighted by Gasteiger charge is 2.50. The highest BCUT2D eigenvalue weighted by atomic mass is 16.5. The van der Waals surface area contributed by atoms with E-state index in [0.29, 0.717) is 13.0 Å². The fraction of sp³-hybridized carbons (Fsp3) is 0.611. The zero-order chi connectivity index (χ0) is 15.7. The second-order valence-corrected chi connectivity index (χ2v) is 6.61. The Labute approximate surface area is 132 Å². The van der Waals surface area contributed by atoms with E-state index in [0.717, 1.165) is 37.0 Å². The van der Waals surface area contributed by atoms with Crippen molar-refractivity contribution in [3.63, 3.8) is 0 Å². The third kappa shape index (κ3) is 2.50. The molecule has 22 heavy (non-hydrogen) atoms. The van der Waals surface area contributed by atoms with E-state index < -0.39 is 5.60 Å². The summed E-state index contributed by atoms with van der Waals surface area (Å²) in [5.41, 5.74) is 0.376. The molecule has 0 bridgehead atoms. The maximum atomic E-state index is 12.2. The fourth-order valence-electron chi connectivity index (χ4n) is 4.33. The van der Waals surface area contributed by atoms with Crippen LogP contribution in [0.4, 0.5) is 0 Å². The summed E-state index contributed by atoms with van der Waals surface area (Å²) in [6, 6.07) is 7.79. The number of fused-ring (bicyclic) bond motifs is 1. The van der Waals surface area contributed by atoms with Crippen molar-refractivity contribution >= 4 is 5.91 Å². The maximum absolute atomic E-state index is 12.2. The first-order valence-corrected chi connectivity index (χ1v) is 8.19. The molecule has 1 amide bonds. The molecule has 1 aromatic rings. The van der Waals surface area contributed by atoms with Crippen LogP contribution in [-0.2, 0) is 4.79 Å². The van der Waals surface area contributed by atoms with Gasteiger partial charge in [-0.15, -0.1) is 0 Å². The van der Waals surface area contributed by atoms with Crippen LogP contribution in [0.5, 0.6) is 5.75 Å². The van der Waals surface area contributed by atoms with E-state index >= 15 is 0 Å². The number of benzene rings is 1. The molecule has 1 saturated heterocycles. The van der Waals surface area contributed by atoms with Gasteiger partial charge in [-0.2, -0.15) is 0 Å². The van der Waals surface area contributed by atoms with Crippen LogP contribution < -0.4 is 4.74 Å². The average molecular weight is 303 g/mol. The van der Waals surface area contributed by atoms with Crippen LogP contribution in [0.2, 0.25) is 0 Å². The van der Waals surface area contributed by atoms with Crippen LogP contribution in [0.25, 0.3) is 0 Å². The molecule has 4 heteroatoms. The Morgan fingerprint density at radius 2 is 2.09 bits per heavy atom. The largest absolute Gasteiger partial charge is 0.496 e. The monoisotopic (exact) mass is 303 g/mol. The highest BCUT2D eigenvalue weighted by Crippen LogP contribution is 2.50. The third-order valence-corrected chi connectivity index (χ3v) is 5.43. The SMILES string of the molecule is COc1ccccc1[C@@H]1[C@@H]2CCCC[C@]2(O)CCN1C(C)=O. The normalized spacial score (nSPS) is 31.5. The second kappa shape index (κ2) is 5.92. The predicted molar refractivity (Wildman–Crippen MR) is 84.6 cm³/mol. The Kier molecular flexibility index (Phi) is 4.13. The van der Waals surface area contributed by atoms with Crippen molar-refractivity contribution < 1.29 is 14.6 Å². The number of piperidine rings is 1. The molecule has 1 aliphatic carbocycles. The van der Waals surface area contributed by atoms with Crippen molar-refractivity contribution in [3.8, 4) is 5.75 Å². The molecular weight excluding hydrogens is 278 g/mol. The van der Waals surface area contributed by atoms with Crippen LogP contribution in [0.1, 0.15) is 50.6 Å². The highest BCUT2D eigenvalue weighted by molar-refractivity contribution is 5.74. The van der Waals surface area contributed by atoms with Gasteiger partial charge in [0.1, 0.15) is 5.75 Å². The van der Waals surface area contributed by atoms with Gasteiger partial charge in [0.2, 0.25) is 5.91 Å². The molecule has 0 radical (unpaired) electrons. The summed E-state index contributed by atoms with van der Waals surface area (Å²) in [4.78, 5) is 14.1. The van der Waals surface area contributed by atoms with Crippen molar-refractivity contribution in [1.29, 1.82) is 0 Å². The van der Waals surface area contributed by atoms with E-state index in [1.54, 1.807) is 14.0 Å². The zero-order valence-electron chi connectivity index (χ0n) is 13.4. The molecule has 2 fully saturated rings. The topological polar surface area (TPSA) is 49.8 Å². The van der Waals surface area contributed by atoms with Gasteiger partial charge in [0, 0.05) is 24.9 Å². The Morgan fingerprint density at radius 3 is 2.82 bits per heavy atom. The minimum absolute atomic E-state index is 0.0727. The molecule has 0 aromatic heterocycles. The lowest BCUT2D eigenvalue weighted by molar-refractivity contribution is -0.153. The minimum Gasteiger partial charge on any atom is -0.496 e. The number of likely N-dealkylation sites (tertiary alicyclic amines) is 1. The number of carbonyl (C=O) groups excluding carboxylic acids is 1. The molecular formula is C18H25NO3. The van der Waals surface area contributed by atoms with Gasteiger partial charge < -0.3 is 14.7 Å². The first-order valence-electron chi connectivity index (χ1n) is 8.19. The van der Waals surface area contributed by atoms with Crippen molar-refractivity contribution in [2.24, 2.45) is 5.92 Å². The van der Waals surface area contributed by atoms with E-state index in [1.807, 2.05) is 29.2 Å². The standard InChI is InChI=1S/C18H25NO3/c1-13(20)19-12-11-18(21)10-6-5-8-15(18)17(19)14-7-3-4-9-16(14)22-2/h3-4,7,9,15,17,21H,5-6,8,10-12H2,1-2H3/t15-,17+,18-/m0/s1. The second-order valence-electron chi connectivity index (χ2n) is 6.61. The Bertz CT molecular complexity index is 559. The summed E-state index contributed by atoms with van der Waals surface area (Å²) in [5, 5.41) is 11.1. The molecule has 3 rings (SSSR count). The van der Waals surface area contributed by atoms with Gasteiger partial charge in [0.05, 0.1) is 18.8 Å². The van der Waals surface area contributed by atoms with Gasteiger partial charge in [-0.25, -0.2) is 0 Å². The quantitative estimate of drug-likeness (QED) is 0.914. The van der Waals surface area contributed by atoms with Crippen LogP contribution in [-0.4, -0.2) is 35.2 Å². The minimum atomic E-state index is -0.643. The number of ether oxygens (including phenoxy) is 1. The molecule has 1 saturated carbocycles. The summed E-state index contributed by atoms with van der Waals surface area (Å²) in [6.45, 7) is 2.24. The number of rotatable bonds is 2. The number of hydrogen-bond donors (Lipinski definition) is 1.